The number of amides is 1. The van der Waals surface area contributed by atoms with Crippen LogP contribution in [0, 0.1) is 0 Å². The third-order valence-electron chi connectivity index (χ3n) is 5.60. The van der Waals surface area contributed by atoms with E-state index in [1.807, 2.05) is 10.9 Å². The molecule has 1 aliphatic rings. The number of carbonyl (C=O) groups excluding carboxylic acids is 1. The van der Waals surface area contributed by atoms with Gasteiger partial charge in [0, 0.05) is 48.8 Å². The van der Waals surface area contributed by atoms with Gasteiger partial charge in [-0.3, -0.25) is 9.67 Å². The van der Waals surface area contributed by atoms with Gasteiger partial charge in [-0.05, 0) is 25.8 Å². The molecule has 0 unspecified atom stereocenters. The van der Waals surface area contributed by atoms with E-state index >= 15 is 0 Å². The minimum absolute atomic E-state index is 0.0196. The molecule has 11 nitrogen and oxygen atoms in total. The number of pyridine rings is 1. The molecule has 0 bridgehead atoms. The Morgan fingerprint density at radius 1 is 1.31 bits per heavy atom. The zero-order valence-electron chi connectivity index (χ0n) is 19.7. The van der Waals surface area contributed by atoms with Crippen LogP contribution >= 0.6 is 11.6 Å². The number of hydrogen-bond donors (Lipinski definition) is 3. The van der Waals surface area contributed by atoms with E-state index in [9.17, 15) is 9.18 Å². The van der Waals surface area contributed by atoms with Crippen LogP contribution in [0.15, 0.2) is 40.5 Å². The average molecular weight is 509 g/mol. The second kappa shape index (κ2) is 12.5. The number of methoxy groups -OCH3 is 1. The van der Waals surface area contributed by atoms with Crippen LogP contribution < -0.4 is 17.0 Å². The summed E-state index contributed by atoms with van der Waals surface area (Å²) >= 11 is 5.66. The first-order valence-electron chi connectivity index (χ1n) is 11.1. The number of rotatable bonds is 8. The number of ether oxygens (including phenoxy) is 2. The topological polar surface area (TPSA) is 146 Å². The second-order valence-corrected chi connectivity index (χ2v) is 8.51. The van der Waals surface area contributed by atoms with Crippen LogP contribution in [0.4, 0.5) is 15.0 Å². The van der Waals surface area contributed by atoms with Gasteiger partial charge in [0.15, 0.2) is 0 Å². The third kappa shape index (κ3) is 6.90. The molecule has 1 fully saturated rings. The van der Waals surface area contributed by atoms with Gasteiger partial charge in [0.1, 0.15) is 24.1 Å². The van der Waals surface area contributed by atoms with Crippen molar-refractivity contribution in [1.82, 2.24) is 25.1 Å². The number of anilines is 1. The van der Waals surface area contributed by atoms with E-state index in [4.69, 9.17) is 32.7 Å². The molecule has 35 heavy (non-hydrogen) atoms. The first kappa shape index (κ1) is 26.4. The minimum Gasteiger partial charge on any atom is -0.447 e. The van der Waals surface area contributed by atoms with Crippen molar-refractivity contribution in [3.63, 3.8) is 0 Å². The quantitative estimate of drug-likeness (QED) is 0.162. The van der Waals surface area contributed by atoms with Crippen molar-refractivity contribution < 1.29 is 18.7 Å². The maximum atomic E-state index is 13.8. The second-order valence-electron chi connectivity index (χ2n) is 7.94. The molecule has 13 heteroatoms. The maximum absolute atomic E-state index is 13.8. The van der Waals surface area contributed by atoms with Crippen molar-refractivity contribution in [2.45, 2.75) is 25.8 Å². The smallest absolute Gasteiger partial charge is 0.409 e. The molecule has 3 heterocycles. The number of amidine groups is 1. The molecule has 2 aromatic rings. The number of carbonyl (C=O) groups is 1. The van der Waals surface area contributed by atoms with Gasteiger partial charge in [-0.2, -0.15) is 5.10 Å². The van der Waals surface area contributed by atoms with Gasteiger partial charge in [0.25, 0.3) is 0 Å². The van der Waals surface area contributed by atoms with E-state index in [0.717, 1.165) is 24.0 Å². The predicted molar refractivity (Wildman–Crippen MR) is 131 cm³/mol. The molecular formula is C22H30ClFN8O3. The van der Waals surface area contributed by atoms with Crippen LogP contribution in [0.5, 0.6) is 0 Å². The lowest BCUT2D eigenvalue weighted by molar-refractivity contribution is 0.0628. The Morgan fingerprint density at radius 2 is 2.06 bits per heavy atom. The summed E-state index contributed by atoms with van der Waals surface area (Å²) in [6.45, 7) is 2.92. The van der Waals surface area contributed by atoms with Gasteiger partial charge in [0.2, 0.25) is 0 Å². The van der Waals surface area contributed by atoms with E-state index in [1.54, 1.807) is 30.5 Å². The van der Waals surface area contributed by atoms with Gasteiger partial charge < -0.3 is 25.5 Å². The van der Waals surface area contributed by atoms with Gasteiger partial charge in [-0.15, -0.1) is 0 Å². The summed E-state index contributed by atoms with van der Waals surface area (Å²) in [5, 5.41) is 4.53. The molecule has 190 valence electrons. The lowest BCUT2D eigenvalue weighted by Crippen LogP contribution is -2.39. The van der Waals surface area contributed by atoms with Crippen LogP contribution in [0.1, 0.15) is 31.4 Å². The Balaban J connectivity index is 1.69. The van der Waals surface area contributed by atoms with Crippen molar-refractivity contribution in [2.75, 3.05) is 45.7 Å². The lowest BCUT2D eigenvalue weighted by atomic mass is 10.1. The van der Waals surface area contributed by atoms with Crippen LogP contribution in [0.2, 0.25) is 0 Å². The molecule has 1 aliphatic heterocycles. The molecular weight excluding hydrogens is 479 g/mol. The number of halogens is 2. The number of piperidine rings is 1. The first-order valence-corrected chi connectivity index (χ1v) is 11.4. The van der Waals surface area contributed by atoms with E-state index in [0.29, 0.717) is 25.3 Å². The van der Waals surface area contributed by atoms with Crippen molar-refractivity contribution in [1.29, 1.82) is 0 Å². The normalized spacial score (nSPS) is 15.7. The highest BCUT2D eigenvalue weighted by Crippen LogP contribution is 2.27. The number of hydrogen-bond acceptors (Lipinski definition) is 8. The Kier molecular flexibility index (Phi) is 9.40. The van der Waals surface area contributed by atoms with E-state index < -0.39 is 5.83 Å². The summed E-state index contributed by atoms with van der Waals surface area (Å²) in [6, 6.07) is 1.90. The van der Waals surface area contributed by atoms with Gasteiger partial charge in [-0.1, -0.05) is 11.6 Å². The van der Waals surface area contributed by atoms with Crippen molar-refractivity contribution >= 4 is 29.3 Å². The fourth-order valence-corrected chi connectivity index (χ4v) is 3.65. The average Bonchev–Trinajstić information content (AvgIpc) is 3.35. The molecule has 1 saturated heterocycles. The van der Waals surface area contributed by atoms with Crippen LogP contribution in [0.3, 0.4) is 0 Å². The monoisotopic (exact) mass is 508 g/mol. The highest BCUT2D eigenvalue weighted by atomic mass is 35.5. The van der Waals surface area contributed by atoms with Gasteiger partial charge in [-0.25, -0.2) is 20.0 Å². The Hall–Kier alpha value is -3.22. The summed E-state index contributed by atoms with van der Waals surface area (Å²) in [7, 11) is 1.56. The Bertz CT molecular complexity index is 1080. The summed E-state index contributed by atoms with van der Waals surface area (Å²) < 4.78 is 25.8. The van der Waals surface area contributed by atoms with Gasteiger partial charge >= 0.3 is 6.09 Å². The first-order chi connectivity index (χ1) is 16.8. The van der Waals surface area contributed by atoms with Crippen LogP contribution in [-0.2, 0) is 9.47 Å². The van der Waals surface area contributed by atoms with Crippen molar-refractivity contribution in [3.05, 3.63) is 41.1 Å². The molecule has 0 aromatic carbocycles. The maximum Gasteiger partial charge on any atom is 0.409 e. The highest BCUT2D eigenvalue weighted by molar-refractivity contribution is 6.29. The summed E-state index contributed by atoms with van der Waals surface area (Å²) in [4.78, 5) is 22.2. The summed E-state index contributed by atoms with van der Waals surface area (Å²) in [6.07, 6.45) is 6.44. The molecule has 0 radical (unpaired) electrons. The number of hydrazine groups is 1. The minimum atomic E-state index is -0.572. The molecule has 0 atom stereocenters. The molecule has 5 N–H and O–H groups in total. The van der Waals surface area contributed by atoms with Crippen molar-refractivity contribution in [3.8, 4) is 11.1 Å². The molecule has 3 rings (SSSR count). The number of aromatic nitrogens is 3. The molecule has 1 amide bonds. The summed E-state index contributed by atoms with van der Waals surface area (Å²) in [5.74, 6) is 5.40. The standard InChI is InChI=1S/C22H30ClFN8O3/c1-14(23)19(24)12-28-21(30-26)18-9-15(10-27-20(18)25)16-11-29-32(13-16)17-3-5-31(6-4-17)22(33)35-8-7-34-2/h9-11,13,17H,3-8,12,26H2,1-2H3,(H2,25,27)(H,28,30)/b19-14-. The van der Waals surface area contributed by atoms with E-state index in [1.165, 1.54) is 6.92 Å². The fraction of sp³-hybridized carbons (Fsp3) is 0.455. The molecule has 0 aliphatic carbocycles. The largest absolute Gasteiger partial charge is 0.447 e. The van der Waals surface area contributed by atoms with Crippen molar-refractivity contribution in [2.24, 2.45) is 10.8 Å². The predicted octanol–water partition coefficient (Wildman–Crippen LogP) is 2.60. The number of nitrogens with zero attached hydrogens (tertiary/aromatic N) is 5. The molecule has 0 saturated carbocycles. The molecule has 2 aromatic heterocycles. The zero-order chi connectivity index (χ0) is 25.4. The zero-order valence-corrected chi connectivity index (χ0v) is 20.5. The summed E-state index contributed by atoms with van der Waals surface area (Å²) in [5.41, 5.74) is 10.5. The SMILES string of the molecule is COCCOC(=O)N1CCC(n2cc(-c3cnc(N)c(C(=NC/C(F)=C(\C)Cl)NN)c3)cn2)CC1. The number of nitrogens with one attached hydrogen (secondary N) is 1. The van der Waals surface area contributed by atoms with E-state index in [2.05, 4.69) is 20.5 Å². The van der Waals surface area contributed by atoms with E-state index in [-0.39, 0.29) is 42.0 Å². The Labute approximate surface area is 207 Å². The van der Waals surface area contributed by atoms with Crippen LogP contribution in [-0.4, -0.2) is 71.6 Å². The van der Waals surface area contributed by atoms with Gasteiger partial charge in [0.05, 0.1) is 31.0 Å². The fourth-order valence-electron chi connectivity index (χ4n) is 3.59. The molecule has 0 spiro atoms. The number of nitrogens with two attached hydrogens (primary N) is 2. The van der Waals surface area contributed by atoms with Crippen LogP contribution in [0.25, 0.3) is 11.1 Å². The third-order valence-corrected chi connectivity index (χ3v) is 5.81. The number of allylic oxidation sites excluding steroid dienone is 1. The Morgan fingerprint density at radius 3 is 2.71 bits per heavy atom. The highest BCUT2D eigenvalue weighted by Gasteiger charge is 2.25. The number of aliphatic imine (C=N–C) groups is 1. The number of likely N-dealkylation sites (tertiary alicyclic amines) is 1. The number of nitrogen functional groups attached to an aromatic ring is 1. The lowest BCUT2D eigenvalue weighted by Gasteiger charge is -2.31.